The summed E-state index contributed by atoms with van der Waals surface area (Å²) in [5.41, 5.74) is 6.02. The maximum Gasteiger partial charge on any atom is 0.278 e. The first-order chi connectivity index (χ1) is 12.2. The van der Waals surface area contributed by atoms with Crippen LogP contribution in [0, 0.1) is 11.8 Å². The van der Waals surface area contributed by atoms with Crippen LogP contribution in [0.5, 0.6) is 0 Å². The van der Waals surface area contributed by atoms with Gasteiger partial charge >= 0.3 is 0 Å². The first kappa shape index (κ1) is 19.4. The summed E-state index contributed by atoms with van der Waals surface area (Å²) in [6, 6.07) is 6.45. The molecule has 1 fully saturated rings. The Labute approximate surface area is 151 Å². The lowest BCUT2D eigenvalue weighted by Gasteiger charge is -2.34. The van der Waals surface area contributed by atoms with Gasteiger partial charge in [-0.1, -0.05) is 11.8 Å². The van der Waals surface area contributed by atoms with E-state index in [9.17, 15) is 14.4 Å². The number of rotatable bonds is 4. The number of benzene rings is 1. The van der Waals surface area contributed by atoms with Gasteiger partial charge in [0.1, 0.15) is 0 Å². The zero-order valence-corrected chi connectivity index (χ0v) is 14.9. The van der Waals surface area contributed by atoms with Gasteiger partial charge in [0.2, 0.25) is 0 Å². The molecule has 5 N–H and O–H groups in total. The third-order valence-corrected chi connectivity index (χ3v) is 4.56. The van der Waals surface area contributed by atoms with E-state index in [1.807, 2.05) is 0 Å². The molecule has 1 aromatic rings. The molecule has 0 heterocycles. The average Bonchev–Trinajstić information content (AvgIpc) is 3.41. The number of hydrogen-bond acceptors (Lipinski definition) is 5. The molecule has 1 atom stereocenters. The van der Waals surface area contributed by atoms with Crippen molar-refractivity contribution in [2.45, 2.75) is 30.8 Å². The standard InChI is InChI=1S/C18H22N4O4/c1-17(15(24)20-2,16(25)21-26)22(3)14(23)13-6-4-12(5-7-13)8-9-18(19)10-11-18/h4-7,26H,10-11,19H2,1-3H3,(H,20,24)(H,21,25)/t17-/m0/s1. The predicted molar refractivity (Wildman–Crippen MR) is 94.0 cm³/mol. The minimum atomic E-state index is -1.92. The molecule has 1 aliphatic carbocycles. The largest absolute Gasteiger partial charge is 0.357 e. The smallest absolute Gasteiger partial charge is 0.278 e. The summed E-state index contributed by atoms with van der Waals surface area (Å²) in [7, 11) is 2.65. The maximum absolute atomic E-state index is 12.7. The first-order valence-electron chi connectivity index (χ1n) is 8.05. The topological polar surface area (TPSA) is 125 Å². The van der Waals surface area contributed by atoms with Gasteiger partial charge < -0.3 is 16.0 Å². The second-order valence-corrected chi connectivity index (χ2v) is 6.44. The number of nitrogens with zero attached hydrogens (tertiary/aromatic N) is 1. The zero-order chi connectivity index (χ0) is 19.5. The normalized spacial score (nSPS) is 16.3. The molecule has 26 heavy (non-hydrogen) atoms. The highest BCUT2D eigenvalue weighted by Crippen LogP contribution is 2.31. The fourth-order valence-electron chi connectivity index (χ4n) is 2.31. The van der Waals surface area contributed by atoms with Crippen molar-refractivity contribution in [3.8, 4) is 11.8 Å². The number of carbonyl (C=O) groups excluding carboxylic acids is 3. The number of hydrogen-bond donors (Lipinski definition) is 4. The highest BCUT2D eigenvalue weighted by Gasteiger charge is 2.47. The molecule has 1 saturated carbocycles. The van der Waals surface area contributed by atoms with E-state index in [1.54, 1.807) is 24.3 Å². The van der Waals surface area contributed by atoms with E-state index in [-0.39, 0.29) is 11.1 Å². The summed E-state index contributed by atoms with van der Waals surface area (Å²) < 4.78 is 0. The van der Waals surface area contributed by atoms with Crippen LogP contribution in [0.1, 0.15) is 35.7 Å². The number of nitrogens with one attached hydrogen (secondary N) is 2. The lowest BCUT2D eigenvalue weighted by molar-refractivity contribution is -0.148. The van der Waals surface area contributed by atoms with Gasteiger partial charge in [-0.2, -0.15) is 0 Å². The van der Waals surface area contributed by atoms with Crippen LogP contribution in [0.15, 0.2) is 24.3 Å². The van der Waals surface area contributed by atoms with Crippen molar-refractivity contribution in [2.75, 3.05) is 14.1 Å². The van der Waals surface area contributed by atoms with Crippen molar-refractivity contribution in [3.05, 3.63) is 35.4 Å². The van der Waals surface area contributed by atoms with Crippen molar-refractivity contribution in [3.63, 3.8) is 0 Å². The molecule has 0 spiro atoms. The van der Waals surface area contributed by atoms with Gasteiger partial charge in [-0.15, -0.1) is 0 Å². The highest BCUT2D eigenvalue weighted by molar-refractivity contribution is 6.12. The number of carbonyl (C=O) groups is 3. The zero-order valence-electron chi connectivity index (χ0n) is 14.9. The fourth-order valence-corrected chi connectivity index (χ4v) is 2.31. The Morgan fingerprint density at radius 2 is 1.81 bits per heavy atom. The van der Waals surface area contributed by atoms with E-state index in [4.69, 9.17) is 10.9 Å². The molecule has 8 heteroatoms. The lowest BCUT2D eigenvalue weighted by atomic mass is 9.96. The molecule has 1 aromatic carbocycles. The van der Waals surface area contributed by atoms with Crippen LogP contribution in [0.3, 0.4) is 0 Å². The van der Waals surface area contributed by atoms with Gasteiger partial charge in [0.25, 0.3) is 17.7 Å². The molecule has 2 rings (SSSR count). The summed E-state index contributed by atoms with van der Waals surface area (Å²) in [5.74, 6) is 3.64. The first-order valence-corrected chi connectivity index (χ1v) is 8.05. The molecule has 1 aliphatic rings. The van der Waals surface area contributed by atoms with Crippen LogP contribution in [0.4, 0.5) is 0 Å². The predicted octanol–water partition coefficient (Wildman–Crippen LogP) is -0.388. The van der Waals surface area contributed by atoms with Crippen molar-refractivity contribution in [2.24, 2.45) is 5.73 Å². The quantitative estimate of drug-likeness (QED) is 0.253. The Bertz CT molecular complexity index is 772. The van der Waals surface area contributed by atoms with Crippen molar-refractivity contribution < 1.29 is 19.6 Å². The second kappa shape index (κ2) is 7.15. The monoisotopic (exact) mass is 358 g/mol. The number of amides is 3. The molecule has 8 nitrogen and oxygen atoms in total. The van der Waals surface area contributed by atoms with Gasteiger partial charge in [0.05, 0.1) is 5.54 Å². The summed E-state index contributed by atoms with van der Waals surface area (Å²) in [6.45, 7) is 1.24. The summed E-state index contributed by atoms with van der Waals surface area (Å²) in [6.07, 6.45) is 1.76. The summed E-state index contributed by atoms with van der Waals surface area (Å²) in [5, 5.41) is 11.3. The lowest BCUT2D eigenvalue weighted by Crippen LogP contribution is -2.64. The molecule has 0 unspecified atom stereocenters. The Kier molecular flexibility index (Phi) is 5.35. The van der Waals surface area contributed by atoms with Gasteiger partial charge in [-0.05, 0) is 44.0 Å². The number of likely N-dealkylation sites (N-methyl/N-ethyl adjacent to an activating group) is 2. The number of nitrogens with two attached hydrogens (primary N) is 1. The second-order valence-electron chi connectivity index (χ2n) is 6.44. The van der Waals surface area contributed by atoms with E-state index < -0.39 is 23.3 Å². The molecular formula is C18H22N4O4. The Morgan fingerprint density at radius 3 is 2.27 bits per heavy atom. The van der Waals surface area contributed by atoms with Crippen LogP contribution in [0.25, 0.3) is 0 Å². The third kappa shape index (κ3) is 3.69. The molecule has 0 radical (unpaired) electrons. The Balaban J connectivity index is 2.24. The molecule has 0 aliphatic heterocycles. The van der Waals surface area contributed by atoms with Gasteiger partial charge in [-0.25, -0.2) is 5.48 Å². The summed E-state index contributed by atoms with van der Waals surface area (Å²) in [4.78, 5) is 37.8. The van der Waals surface area contributed by atoms with E-state index in [0.717, 1.165) is 17.7 Å². The van der Waals surface area contributed by atoms with Gasteiger partial charge in [0.15, 0.2) is 5.54 Å². The van der Waals surface area contributed by atoms with Crippen molar-refractivity contribution >= 4 is 17.7 Å². The van der Waals surface area contributed by atoms with Gasteiger partial charge in [-0.3, -0.25) is 19.6 Å². The van der Waals surface area contributed by atoms with Crippen LogP contribution < -0.4 is 16.5 Å². The fraction of sp³-hybridized carbons (Fsp3) is 0.389. The van der Waals surface area contributed by atoms with Crippen molar-refractivity contribution in [1.82, 2.24) is 15.7 Å². The molecular weight excluding hydrogens is 336 g/mol. The Morgan fingerprint density at radius 1 is 1.23 bits per heavy atom. The maximum atomic E-state index is 12.7. The number of hydroxylamine groups is 1. The minimum Gasteiger partial charge on any atom is -0.357 e. The third-order valence-electron chi connectivity index (χ3n) is 4.56. The molecule has 0 aromatic heterocycles. The van der Waals surface area contributed by atoms with Crippen LogP contribution >= 0.6 is 0 Å². The summed E-state index contributed by atoms with van der Waals surface area (Å²) >= 11 is 0. The van der Waals surface area contributed by atoms with Crippen LogP contribution in [-0.4, -0.2) is 53.0 Å². The van der Waals surface area contributed by atoms with Gasteiger partial charge in [0, 0.05) is 25.2 Å². The molecule has 3 amide bonds. The molecule has 0 saturated heterocycles. The van der Waals surface area contributed by atoms with Crippen LogP contribution in [-0.2, 0) is 9.59 Å². The SMILES string of the molecule is CNC(=O)[C@@](C)(C(=O)NO)N(C)C(=O)c1ccc(C#CC2(N)CC2)cc1. The molecule has 0 bridgehead atoms. The van der Waals surface area contributed by atoms with E-state index in [0.29, 0.717) is 5.56 Å². The Hall–Kier alpha value is -2.89. The minimum absolute atomic E-state index is 0.271. The van der Waals surface area contributed by atoms with E-state index >= 15 is 0 Å². The van der Waals surface area contributed by atoms with Crippen LogP contribution in [0.2, 0.25) is 0 Å². The van der Waals surface area contributed by atoms with E-state index in [1.165, 1.54) is 26.5 Å². The highest BCUT2D eigenvalue weighted by atomic mass is 16.5. The van der Waals surface area contributed by atoms with E-state index in [2.05, 4.69) is 17.2 Å². The average molecular weight is 358 g/mol. The molecule has 138 valence electrons. The van der Waals surface area contributed by atoms with Crippen molar-refractivity contribution in [1.29, 1.82) is 0 Å².